The zero-order chi connectivity index (χ0) is 39.1. The van der Waals surface area contributed by atoms with Crippen molar-refractivity contribution in [1.82, 2.24) is 9.80 Å². The SMILES string of the molecule is CCN(CCSSCCN(CC)c1ccc(C(=O)C(CC)(Cc2ccccc2)N(C)C)cc1)c1ccc(C(=O)C(CC)(Cc2ccccc2)N(C)C)cc1. The Balaban J connectivity index is 1.28. The Morgan fingerprint density at radius 3 is 1.11 bits per heavy atom. The van der Waals surface area contributed by atoms with Crippen molar-refractivity contribution in [1.29, 1.82) is 0 Å². The molecular weight excluding hydrogens is 705 g/mol. The summed E-state index contributed by atoms with van der Waals surface area (Å²) in [5.74, 6) is 2.36. The number of anilines is 2. The minimum atomic E-state index is -0.590. The fraction of sp³-hybridized carbons (Fsp3) is 0.435. The minimum absolute atomic E-state index is 0.174. The maximum atomic E-state index is 14.0. The lowest BCUT2D eigenvalue weighted by molar-refractivity contribution is 0.0661. The van der Waals surface area contributed by atoms with Crippen LogP contribution < -0.4 is 9.80 Å². The summed E-state index contributed by atoms with van der Waals surface area (Å²) in [5, 5.41) is 0. The van der Waals surface area contributed by atoms with Crippen molar-refractivity contribution in [3.63, 3.8) is 0 Å². The monoisotopic (exact) mass is 766 g/mol. The molecular formula is C46H62N4O2S2. The number of hydrogen-bond acceptors (Lipinski definition) is 8. The molecule has 0 fully saturated rings. The number of hydrogen-bond donors (Lipinski definition) is 0. The van der Waals surface area contributed by atoms with Gasteiger partial charge in [0.25, 0.3) is 0 Å². The first-order chi connectivity index (χ1) is 26.0. The molecule has 0 spiro atoms. The number of Topliss-reactive ketones (excluding diaryl/α,β-unsaturated/α-hetero) is 2. The van der Waals surface area contributed by atoms with Gasteiger partial charge in [0.15, 0.2) is 11.6 Å². The second-order valence-corrected chi connectivity index (χ2v) is 17.1. The standard InChI is InChI=1S/C46H62N4O2S2/c1-9-45(47(5)6,35-37-19-15-13-16-20-37)43(51)39-23-27-41(28-24-39)49(11-3)31-33-53-54-34-32-50(12-4)42-29-25-40(26-30-42)44(52)46(10-2,48(7)8)36-38-21-17-14-18-22-38/h13-30H,9-12,31-36H2,1-8H3. The Morgan fingerprint density at radius 2 is 0.833 bits per heavy atom. The molecule has 0 amide bonds. The highest BCUT2D eigenvalue weighted by atomic mass is 33.1. The van der Waals surface area contributed by atoms with Crippen molar-refractivity contribution in [3.05, 3.63) is 131 Å². The summed E-state index contributed by atoms with van der Waals surface area (Å²) < 4.78 is 0. The molecule has 0 aliphatic heterocycles. The molecule has 0 aliphatic rings. The Bertz CT molecular complexity index is 1590. The molecule has 0 heterocycles. The van der Waals surface area contributed by atoms with Gasteiger partial charge in [0.2, 0.25) is 0 Å². The van der Waals surface area contributed by atoms with Crippen molar-refractivity contribution < 1.29 is 9.59 Å². The fourth-order valence-corrected chi connectivity index (χ4v) is 9.47. The van der Waals surface area contributed by atoms with E-state index in [2.05, 4.69) is 95.8 Å². The first-order valence-electron chi connectivity index (χ1n) is 19.5. The zero-order valence-corrected chi connectivity index (χ0v) is 35.5. The normalized spacial score (nSPS) is 13.7. The quantitative estimate of drug-likeness (QED) is 0.0421. The number of nitrogens with zero attached hydrogens (tertiary/aromatic N) is 4. The van der Waals surface area contributed by atoms with Crippen molar-refractivity contribution >= 4 is 44.5 Å². The number of carbonyl (C=O) groups excluding carboxylic acids is 2. The molecule has 4 aromatic carbocycles. The maximum absolute atomic E-state index is 14.0. The molecule has 2 atom stereocenters. The van der Waals surface area contributed by atoms with Gasteiger partial charge in [-0.15, -0.1) is 0 Å². The third kappa shape index (κ3) is 10.6. The molecule has 6 nitrogen and oxygen atoms in total. The van der Waals surface area contributed by atoms with Gasteiger partial charge in [0.05, 0.1) is 11.1 Å². The van der Waals surface area contributed by atoms with Crippen LogP contribution in [0.3, 0.4) is 0 Å². The van der Waals surface area contributed by atoms with Crippen molar-refractivity contribution in [2.45, 2.75) is 64.5 Å². The fourth-order valence-electron chi connectivity index (χ4n) is 7.49. The largest absolute Gasteiger partial charge is 0.371 e. The van der Waals surface area contributed by atoms with Crippen LogP contribution in [-0.4, -0.2) is 98.3 Å². The van der Waals surface area contributed by atoms with Gasteiger partial charge < -0.3 is 9.80 Å². The van der Waals surface area contributed by atoms with Gasteiger partial charge in [0.1, 0.15) is 0 Å². The minimum Gasteiger partial charge on any atom is -0.371 e. The summed E-state index contributed by atoms with van der Waals surface area (Å²) >= 11 is 0. The molecule has 4 rings (SSSR count). The summed E-state index contributed by atoms with van der Waals surface area (Å²) in [5.41, 5.74) is 4.99. The van der Waals surface area contributed by atoms with E-state index in [1.807, 2.05) is 110 Å². The van der Waals surface area contributed by atoms with Crippen LogP contribution in [0.5, 0.6) is 0 Å². The topological polar surface area (TPSA) is 47.1 Å². The van der Waals surface area contributed by atoms with Crippen molar-refractivity contribution in [3.8, 4) is 0 Å². The highest BCUT2D eigenvalue weighted by molar-refractivity contribution is 8.76. The van der Waals surface area contributed by atoms with Gasteiger partial charge in [-0.25, -0.2) is 0 Å². The highest BCUT2D eigenvalue weighted by Crippen LogP contribution is 2.31. The lowest BCUT2D eigenvalue weighted by atomic mass is 9.80. The van der Waals surface area contributed by atoms with Gasteiger partial charge in [-0.1, -0.05) is 96.1 Å². The number of likely N-dealkylation sites (N-methyl/N-ethyl adjacent to an activating group) is 2. The Hall–Kier alpha value is -3.56. The average Bonchev–Trinajstić information content (AvgIpc) is 3.20. The maximum Gasteiger partial charge on any atom is 0.183 e. The third-order valence-corrected chi connectivity index (χ3v) is 13.5. The van der Waals surface area contributed by atoms with Gasteiger partial charge >= 0.3 is 0 Å². The molecule has 0 saturated carbocycles. The molecule has 4 aromatic rings. The van der Waals surface area contributed by atoms with Gasteiger partial charge in [-0.2, -0.15) is 0 Å². The molecule has 8 heteroatoms. The van der Waals surface area contributed by atoms with Crippen LogP contribution in [0.15, 0.2) is 109 Å². The highest BCUT2D eigenvalue weighted by Gasteiger charge is 2.40. The third-order valence-electron chi connectivity index (χ3n) is 11.1. The molecule has 0 aliphatic carbocycles. The van der Waals surface area contributed by atoms with E-state index in [0.717, 1.165) is 73.0 Å². The molecule has 0 saturated heterocycles. The Kier molecular flexibility index (Phi) is 16.7. The summed E-state index contributed by atoms with van der Waals surface area (Å²) in [6.07, 6.45) is 2.84. The summed E-state index contributed by atoms with van der Waals surface area (Å²) in [4.78, 5) is 37.0. The number of carbonyl (C=O) groups is 2. The van der Waals surface area contributed by atoms with Crippen LogP contribution in [-0.2, 0) is 12.8 Å². The number of benzene rings is 4. The molecule has 0 bridgehead atoms. The van der Waals surface area contributed by atoms with Gasteiger partial charge in [0, 0.05) is 60.2 Å². The first kappa shape index (κ1) is 43.2. The molecule has 0 N–H and O–H groups in total. The molecule has 0 radical (unpaired) electrons. The van der Waals surface area contributed by atoms with Crippen LogP contribution in [0.4, 0.5) is 11.4 Å². The van der Waals surface area contributed by atoms with Crippen molar-refractivity contribution in [2.24, 2.45) is 0 Å². The zero-order valence-electron chi connectivity index (χ0n) is 33.9. The molecule has 0 aromatic heterocycles. The van der Waals surface area contributed by atoms with Gasteiger partial charge in [-0.3, -0.25) is 19.4 Å². The first-order valence-corrected chi connectivity index (χ1v) is 22.0. The van der Waals surface area contributed by atoms with E-state index in [4.69, 9.17) is 0 Å². The number of rotatable bonds is 23. The molecule has 290 valence electrons. The van der Waals surface area contributed by atoms with Crippen LogP contribution in [0.2, 0.25) is 0 Å². The molecule has 2 unspecified atom stereocenters. The van der Waals surface area contributed by atoms with Crippen LogP contribution in [0, 0.1) is 0 Å². The van der Waals surface area contributed by atoms with E-state index in [9.17, 15) is 9.59 Å². The second-order valence-electron chi connectivity index (χ2n) is 14.4. The van der Waals surface area contributed by atoms with Crippen molar-refractivity contribution in [2.75, 3.05) is 75.7 Å². The van der Waals surface area contributed by atoms with Crippen LogP contribution in [0.1, 0.15) is 72.4 Å². The summed E-state index contributed by atoms with van der Waals surface area (Å²) in [7, 11) is 11.9. The lowest BCUT2D eigenvalue weighted by Crippen LogP contribution is -2.52. The predicted octanol–water partition coefficient (Wildman–Crippen LogP) is 9.69. The van der Waals surface area contributed by atoms with Crippen LogP contribution in [0.25, 0.3) is 0 Å². The summed E-state index contributed by atoms with van der Waals surface area (Å²) in [6, 6.07) is 37.1. The smallest absolute Gasteiger partial charge is 0.183 e. The van der Waals surface area contributed by atoms with Crippen LogP contribution >= 0.6 is 21.6 Å². The average molecular weight is 767 g/mol. The predicted molar refractivity (Wildman–Crippen MR) is 236 cm³/mol. The van der Waals surface area contributed by atoms with E-state index < -0.39 is 11.1 Å². The van der Waals surface area contributed by atoms with E-state index in [-0.39, 0.29) is 11.6 Å². The second kappa shape index (κ2) is 20.9. The van der Waals surface area contributed by atoms with E-state index in [0.29, 0.717) is 12.8 Å². The molecule has 54 heavy (non-hydrogen) atoms. The Labute approximate surface area is 334 Å². The number of ketones is 2. The van der Waals surface area contributed by atoms with Gasteiger partial charge in [-0.05, 0) is 127 Å². The summed E-state index contributed by atoms with van der Waals surface area (Å²) in [6.45, 7) is 12.3. The lowest BCUT2D eigenvalue weighted by Gasteiger charge is -2.38. The van der Waals surface area contributed by atoms with E-state index in [1.165, 1.54) is 11.1 Å². The Morgan fingerprint density at radius 1 is 0.500 bits per heavy atom. The van der Waals surface area contributed by atoms with E-state index >= 15 is 0 Å². The van der Waals surface area contributed by atoms with E-state index in [1.54, 1.807) is 0 Å².